The number of hydrogen-bond acceptors (Lipinski definition) is 3. The zero-order valence-corrected chi connectivity index (χ0v) is 11.3. The van der Waals surface area contributed by atoms with Gasteiger partial charge in [0, 0.05) is 16.7 Å². The highest BCUT2D eigenvalue weighted by molar-refractivity contribution is 14.1. The van der Waals surface area contributed by atoms with Crippen LogP contribution in [0.15, 0.2) is 24.3 Å². The van der Waals surface area contributed by atoms with E-state index in [-0.39, 0.29) is 12.5 Å². The van der Waals surface area contributed by atoms with Crippen molar-refractivity contribution in [3.63, 3.8) is 0 Å². The fourth-order valence-electron chi connectivity index (χ4n) is 1.06. The summed E-state index contributed by atoms with van der Waals surface area (Å²) in [7, 11) is 1.84. The molecule has 0 aromatic heterocycles. The predicted octanol–water partition coefficient (Wildman–Crippen LogP) is 1.01. The molecule has 0 aliphatic carbocycles. The largest absolute Gasteiger partial charge is 0.484 e. The summed E-state index contributed by atoms with van der Waals surface area (Å²) in [6.45, 7) is 1.44. The Balaban J connectivity index is 2.23. The molecule has 1 aromatic rings. The highest BCUT2D eigenvalue weighted by Crippen LogP contribution is 2.12. The van der Waals surface area contributed by atoms with Gasteiger partial charge in [0.25, 0.3) is 5.91 Å². The van der Waals surface area contributed by atoms with Crippen LogP contribution < -0.4 is 15.4 Å². The number of rotatable bonds is 6. The van der Waals surface area contributed by atoms with Crippen LogP contribution in [0.2, 0.25) is 0 Å². The minimum atomic E-state index is -0.103. The maximum atomic E-state index is 11.3. The van der Waals surface area contributed by atoms with Gasteiger partial charge in [-0.05, 0) is 53.9 Å². The summed E-state index contributed by atoms with van der Waals surface area (Å²) < 4.78 is 6.46. The average molecular weight is 334 g/mol. The van der Waals surface area contributed by atoms with Crippen molar-refractivity contribution in [2.75, 3.05) is 26.7 Å². The summed E-state index contributed by atoms with van der Waals surface area (Å²) in [5.74, 6) is 0.609. The molecule has 1 amide bonds. The van der Waals surface area contributed by atoms with Gasteiger partial charge < -0.3 is 15.4 Å². The summed E-state index contributed by atoms with van der Waals surface area (Å²) >= 11 is 2.22. The minimum absolute atomic E-state index is 0.0598. The quantitative estimate of drug-likeness (QED) is 0.603. The first-order chi connectivity index (χ1) is 7.72. The number of carbonyl (C=O) groups excluding carboxylic acids is 1. The van der Waals surface area contributed by atoms with Crippen LogP contribution in [0.5, 0.6) is 5.75 Å². The SMILES string of the molecule is CNCCNC(=O)COc1ccc(I)cc1. The first kappa shape index (κ1) is 13.2. The van der Waals surface area contributed by atoms with Crippen molar-refractivity contribution in [3.8, 4) is 5.75 Å². The third-order valence-corrected chi connectivity index (χ3v) is 2.60. The summed E-state index contributed by atoms with van der Waals surface area (Å²) in [6.07, 6.45) is 0. The zero-order chi connectivity index (χ0) is 11.8. The monoisotopic (exact) mass is 334 g/mol. The molecule has 0 saturated carbocycles. The standard InChI is InChI=1S/C11H15IN2O2/c1-13-6-7-14-11(15)8-16-10-4-2-9(12)3-5-10/h2-5,13H,6-8H2,1H3,(H,14,15). The van der Waals surface area contributed by atoms with E-state index in [2.05, 4.69) is 33.2 Å². The van der Waals surface area contributed by atoms with Crippen molar-refractivity contribution >= 4 is 28.5 Å². The third kappa shape index (κ3) is 5.32. The molecule has 0 radical (unpaired) electrons. The predicted molar refractivity (Wildman–Crippen MR) is 71.6 cm³/mol. The van der Waals surface area contributed by atoms with Crippen molar-refractivity contribution < 1.29 is 9.53 Å². The van der Waals surface area contributed by atoms with E-state index < -0.39 is 0 Å². The van der Waals surface area contributed by atoms with Crippen LogP contribution in [0, 0.1) is 3.57 Å². The van der Waals surface area contributed by atoms with Crippen LogP contribution in [-0.4, -0.2) is 32.7 Å². The number of ether oxygens (including phenoxy) is 1. The van der Waals surface area contributed by atoms with E-state index in [1.165, 1.54) is 0 Å². The molecule has 16 heavy (non-hydrogen) atoms. The summed E-state index contributed by atoms with van der Waals surface area (Å²) in [4.78, 5) is 11.3. The topological polar surface area (TPSA) is 50.4 Å². The first-order valence-electron chi connectivity index (χ1n) is 5.02. The van der Waals surface area contributed by atoms with Gasteiger partial charge in [-0.1, -0.05) is 0 Å². The van der Waals surface area contributed by atoms with Crippen LogP contribution >= 0.6 is 22.6 Å². The molecule has 1 rings (SSSR count). The number of benzene rings is 1. The van der Waals surface area contributed by atoms with Crippen molar-refractivity contribution in [2.45, 2.75) is 0 Å². The Bertz CT molecular complexity index is 327. The van der Waals surface area contributed by atoms with Gasteiger partial charge in [-0.2, -0.15) is 0 Å². The lowest BCUT2D eigenvalue weighted by atomic mass is 10.3. The number of nitrogens with one attached hydrogen (secondary N) is 2. The average Bonchev–Trinajstić information content (AvgIpc) is 2.29. The van der Waals surface area contributed by atoms with Gasteiger partial charge in [0.15, 0.2) is 6.61 Å². The molecule has 0 fully saturated rings. The molecule has 1 aromatic carbocycles. The highest BCUT2D eigenvalue weighted by Gasteiger charge is 2.01. The molecule has 0 spiro atoms. The van der Waals surface area contributed by atoms with E-state index in [1.807, 2.05) is 31.3 Å². The van der Waals surface area contributed by atoms with E-state index >= 15 is 0 Å². The van der Waals surface area contributed by atoms with Gasteiger partial charge in [-0.3, -0.25) is 4.79 Å². The van der Waals surface area contributed by atoms with Crippen LogP contribution in [0.4, 0.5) is 0 Å². The smallest absolute Gasteiger partial charge is 0.257 e. The lowest BCUT2D eigenvalue weighted by Gasteiger charge is -2.07. The molecule has 0 unspecified atom stereocenters. The van der Waals surface area contributed by atoms with Crippen molar-refractivity contribution in [2.24, 2.45) is 0 Å². The molecule has 0 heterocycles. The number of hydrogen-bond donors (Lipinski definition) is 2. The molecule has 0 bridgehead atoms. The molecule has 2 N–H and O–H groups in total. The Labute approximate surface area is 109 Å². The minimum Gasteiger partial charge on any atom is -0.484 e. The lowest BCUT2D eigenvalue weighted by Crippen LogP contribution is -2.33. The third-order valence-electron chi connectivity index (χ3n) is 1.88. The summed E-state index contributed by atoms with van der Waals surface area (Å²) in [5, 5.41) is 5.68. The van der Waals surface area contributed by atoms with E-state index in [4.69, 9.17) is 4.74 Å². The summed E-state index contributed by atoms with van der Waals surface area (Å²) in [6, 6.07) is 7.58. The second-order valence-corrected chi connectivity index (χ2v) is 4.44. The van der Waals surface area contributed by atoms with Crippen molar-refractivity contribution in [3.05, 3.63) is 27.8 Å². The Morgan fingerprint density at radius 1 is 1.31 bits per heavy atom. The van der Waals surface area contributed by atoms with E-state index in [0.717, 1.165) is 10.1 Å². The molecule has 4 nitrogen and oxygen atoms in total. The zero-order valence-electron chi connectivity index (χ0n) is 9.13. The fraction of sp³-hybridized carbons (Fsp3) is 0.364. The van der Waals surface area contributed by atoms with Crippen molar-refractivity contribution in [1.82, 2.24) is 10.6 Å². The Morgan fingerprint density at radius 3 is 2.62 bits per heavy atom. The Morgan fingerprint density at radius 2 is 2.00 bits per heavy atom. The molecule has 0 aliphatic rings. The van der Waals surface area contributed by atoms with Crippen LogP contribution in [-0.2, 0) is 4.79 Å². The van der Waals surface area contributed by atoms with E-state index in [9.17, 15) is 4.79 Å². The molecule has 88 valence electrons. The van der Waals surface area contributed by atoms with Crippen LogP contribution in [0.1, 0.15) is 0 Å². The second-order valence-electron chi connectivity index (χ2n) is 3.20. The van der Waals surface area contributed by atoms with Gasteiger partial charge in [0.1, 0.15) is 5.75 Å². The molecule has 0 aliphatic heterocycles. The van der Waals surface area contributed by atoms with E-state index in [0.29, 0.717) is 12.3 Å². The fourth-order valence-corrected chi connectivity index (χ4v) is 1.42. The van der Waals surface area contributed by atoms with Crippen LogP contribution in [0.3, 0.4) is 0 Å². The lowest BCUT2D eigenvalue weighted by molar-refractivity contribution is -0.123. The second kappa shape index (κ2) is 7.45. The summed E-state index contributed by atoms with van der Waals surface area (Å²) in [5.41, 5.74) is 0. The van der Waals surface area contributed by atoms with Gasteiger partial charge in [0.05, 0.1) is 0 Å². The van der Waals surface area contributed by atoms with Crippen LogP contribution in [0.25, 0.3) is 0 Å². The molecular formula is C11H15IN2O2. The number of likely N-dealkylation sites (N-methyl/N-ethyl adjacent to an activating group) is 1. The molecule has 5 heteroatoms. The highest BCUT2D eigenvalue weighted by atomic mass is 127. The van der Waals surface area contributed by atoms with E-state index in [1.54, 1.807) is 0 Å². The van der Waals surface area contributed by atoms with Crippen molar-refractivity contribution in [1.29, 1.82) is 0 Å². The Hall–Kier alpha value is -0.820. The number of halogens is 1. The first-order valence-corrected chi connectivity index (χ1v) is 6.10. The van der Waals surface area contributed by atoms with Gasteiger partial charge in [-0.25, -0.2) is 0 Å². The maximum absolute atomic E-state index is 11.3. The van der Waals surface area contributed by atoms with Gasteiger partial charge in [-0.15, -0.1) is 0 Å². The Kier molecular flexibility index (Phi) is 6.17. The number of amides is 1. The maximum Gasteiger partial charge on any atom is 0.257 e. The molecule has 0 saturated heterocycles. The van der Waals surface area contributed by atoms with Gasteiger partial charge in [0.2, 0.25) is 0 Å². The number of carbonyl (C=O) groups is 1. The normalized spacial score (nSPS) is 9.88. The molecule has 0 atom stereocenters. The molecular weight excluding hydrogens is 319 g/mol. The van der Waals surface area contributed by atoms with Gasteiger partial charge >= 0.3 is 0 Å².